The molecular formula is C18H18N2O8. The molecule has 148 valence electrons. The molecule has 0 heterocycles. The number of benzene rings is 2. The number of nitrogens with zero attached hydrogens (tertiary/aromatic N) is 1. The quantitative estimate of drug-likeness (QED) is 0.414. The van der Waals surface area contributed by atoms with Crippen LogP contribution in [0.3, 0.4) is 0 Å². The normalized spacial score (nSPS) is 9.96. The monoisotopic (exact) mass is 390 g/mol. The first-order valence-electron chi connectivity index (χ1n) is 7.91. The van der Waals surface area contributed by atoms with E-state index >= 15 is 0 Å². The molecule has 0 aromatic heterocycles. The predicted molar refractivity (Wildman–Crippen MR) is 98.1 cm³/mol. The van der Waals surface area contributed by atoms with Crippen LogP contribution in [-0.2, 0) is 9.53 Å². The van der Waals surface area contributed by atoms with Crippen molar-refractivity contribution in [2.45, 2.75) is 0 Å². The number of hydrogen-bond acceptors (Lipinski definition) is 8. The highest BCUT2D eigenvalue weighted by atomic mass is 16.6. The first-order valence-corrected chi connectivity index (χ1v) is 7.91. The summed E-state index contributed by atoms with van der Waals surface area (Å²) in [6.45, 7) is -0.598. The second-order valence-corrected chi connectivity index (χ2v) is 5.34. The number of amides is 1. The van der Waals surface area contributed by atoms with Gasteiger partial charge in [0.05, 0.1) is 26.3 Å². The van der Waals surface area contributed by atoms with Crippen LogP contribution in [0.1, 0.15) is 10.4 Å². The van der Waals surface area contributed by atoms with Gasteiger partial charge in [0.15, 0.2) is 18.1 Å². The molecule has 0 aliphatic carbocycles. The van der Waals surface area contributed by atoms with Gasteiger partial charge in [-0.25, -0.2) is 4.79 Å². The van der Waals surface area contributed by atoms with Gasteiger partial charge in [-0.3, -0.25) is 14.9 Å². The van der Waals surface area contributed by atoms with E-state index in [4.69, 9.17) is 18.9 Å². The van der Waals surface area contributed by atoms with Crippen LogP contribution in [0.4, 0.5) is 11.4 Å². The molecule has 0 spiro atoms. The van der Waals surface area contributed by atoms with E-state index in [0.717, 1.165) is 6.07 Å². The molecule has 0 radical (unpaired) electrons. The zero-order valence-corrected chi connectivity index (χ0v) is 15.4. The van der Waals surface area contributed by atoms with Crippen molar-refractivity contribution < 1.29 is 33.5 Å². The van der Waals surface area contributed by atoms with Crippen molar-refractivity contribution in [1.29, 1.82) is 0 Å². The largest absolute Gasteiger partial charge is 0.496 e. The number of rotatable bonds is 8. The van der Waals surface area contributed by atoms with E-state index in [9.17, 15) is 19.7 Å². The van der Waals surface area contributed by atoms with Crippen molar-refractivity contribution in [1.82, 2.24) is 0 Å². The van der Waals surface area contributed by atoms with Gasteiger partial charge < -0.3 is 24.3 Å². The van der Waals surface area contributed by atoms with Crippen molar-refractivity contribution in [3.8, 4) is 17.2 Å². The van der Waals surface area contributed by atoms with E-state index in [1.54, 1.807) is 18.2 Å². The van der Waals surface area contributed by atoms with Crippen molar-refractivity contribution in [3.05, 3.63) is 52.1 Å². The van der Waals surface area contributed by atoms with E-state index < -0.39 is 23.4 Å². The van der Waals surface area contributed by atoms with Gasteiger partial charge in [0.1, 0.15) is 11.3 Å². The predicted octanol–water partition coefficient (Wildman–Crippen LogP) is 2.42. The highest BCUT2D eigenvalue weighted by Crippen LogP contribution is 2.29. The number of nitro benzene ring substituents is 1. The molecule has 0 aliphatic heterocycles. The molecule has 28 heavy (non-hydrogen) atoms. The fraction of sp³-hybridized carbons (Fsp3) is 0.222. The topological polar surface area (TPSA) is 126 Å². The van der Waals surface area contributed by atoms with E-state index in [1.165, 1.54) is 33.5 Å². The Morgan fingerprint density at radius 3 is 2.21 bits per heavy atom. The molecule has 0 bridgehead atoms. The molecule has 2 aromatic carbocycles. The van der Waals surface area contributed by atoms with Gasteiger partial charge >= 0.3 is 5.97 Å². The molecule has 0 atom stereocenters. The highest BCUT2D eigenvalue weighted by Gasteiger charge is 2.20. The highest BCUT2D eigenvalue weighted by molar-refractivity contribution is 5.97. The maximum atomic E-state index is 12.2. The summed E-state index contributed by atoms with van der Waals surface area (Å²) in [6.07, 6.45) is 0. The third-order valence-corrected chi connectivity index (χ3v) is 3.62. The summed E-state index contributed by atoms with van der Waals surface area (Å²) in [5, 5.41) is 13.4. The molecule has 0 saturated carbocycles. The maximum Gasteiger partial charge on any atom is 0.342 e. The number of anilines is 1. The molecule has 0 saturated heterocycles. The molecule has 1 N–H and O–H groups in total. The second kappa shape index (κ2) is 9.21. The van der Waals surface area contributed by atoms with Crippen molar-refractivity contribution in [3.63, 3.8) is 0 Å². The Labute approximate surface area is 160 Å². The van der Waals surface area contributed by atoms with Gasteiger partial charge in [-0.1, -0.05) is 0 Å². The summed E-state index contributed by atoms with van der Waals surface area (Å²) < 4.78 is 20.2. The average molecular weight is 390 g/mol. The lowest BCUT2D eigenvalue weighted by atomic mass is 10.2. The Balaban J connectivity index is 2.04. The Hall–Kier alpha value is -3.82. The smallest absolute Gasteiger partial charge is 0.342 e. The Kier molecular flexibility index (Phi) is 6.74. The molecule has 10 nitrogen and oxygen atoms in total. The van der Waals surface area contributed by atoms with Crippen LogP contribution in [0.25, 0.3) is 0 Å². The van der Waals surface area contributed by atoms with Crippen molar-refractivity contribution in [2.75, 3.05) is 33.3 Å². The summed E-state index contributed by atoms with van der Waals surface area (Å²) in [6, 6.07) is 8.23. The lowest BCUT2D eigenvalue weighted by Gasteiger charge is -2.11. The number of hydrogen-bond donors (Lipinski definition) is 1. The zero-order chi connectivity index (χ0) is 20.7. The summed E-state index contributed by atoms with van der Waals surface area (Å²) >= 11 is 0. The molecule has 2 aromatic rings. The molecule has 10 heteroatoms. The van der Waals surface area contributed by atoms with Crippen LogP contribution in [-0.4, -0.2) is 44.7 Å². The number of nitrogens with one attached hydrogen (secondary N) is 1. The Morgan fingerprint density at radius 1 is 0.964 bits per heavy atom. The SMILES string of the molecule is COc1ccc(NC(=O)COC(=O)c2cc([N+](=O)[O-])ccc2OC)cc1OC. The van der Waals surface area contributed by atoms with E-state index in [-0.39, 0.29) is 17.0 Å². The number of nitro groups is 1. The van der Waals surface area contributed by atoms with Gasteiger partial charge in [-0.05, 0) is 18.2 Å². The van der Waals surface area contributed by atoms with Crippen LogP contribution in [0, 0.1) is 10.1 Å². The number of ether oxygens (including phenoxy) is 4. The zero-order valence-electron chi connectivity index (χ0n) is 15.4. The Bertz CT molecular complexity index is 897. The van der Waals surface area contributed by atoms with Crippen molar-refractivity contribution in [2.24, 2.45) is 0 Å². The van der Waals surface area contributed by atoms with Gasteiger partial charge in [0.2, 0.25) is 0 Å². The summed E-state index contributed by atoms with van der Waals surface area (Å²) in [4.78, 5) is 34.5. The van der Waals surface area contributed by atoms with Crippen LogP contribution < -0.4 is 19.5 Å². The molecule has 0 aliphatic rings. The van der Waals surface area contributed by atoms with Crippen LogP contribution in [0.5, 0.6) is 17.2 Å². The molecular weight excluding hydrogens is 372 g/mol. The van der Waals surface area contributed by atoms with Crippen LogP contribution in [0.2, 0.25) is 0 Å². The third-order valence-electron chi connectivity index (χ3n) is 3.62. The minimum Gasteiger partial charge on any atom is -0.496 e. The second-order valence-electron chi connectivity index (χ2n) is 5.34. The van der Waals surface area contributed by atoms with Crippen LogP contribution in [0.15, 0.2) is 36.4 Å². The third kappa shape index (κ3) is 4.87. The van der Waals surface area contributed by atoms with Gasteiger partial charge in [-0.2, -0.15) is 0 Å². The lowest BCUT2D eigenvalue weighted by molar-refractivity contribution is -0.384. The number of carbonyl (C=O) groups is 2. The van der Waals surface area contributed by atoms with Crippen LogP contribution >= 0.6 is 0 Å². The average Bonchev–Trinajstić information content (AvgIpc) is 2.71. The van der Waals surface area contributed by atoms with E-state index in [2.05, 4.69) is 5.32 Å². The summed E-state index contributed by atoms with van der Waals surface area (Å²) in [5.41, 5.74) is -0.0511. The number of methoxy groups -OCH3 is 3. The number of esters is 1. The molecule has 0 fully saturated rings. The van der Waals surface area contributed by atoms with Gasteiger partial charge in [0, 0.05) is 23.9 Å². The van der Waals surface area contributed by atoms with E-state index in [1.807, 2.05) is 0 Å². The molecule has 1 amide bonds. The number of non-ortho nitro benzene ring substituents is 1. The first-order chi connectivity index (χ1) is 13.4. The molecule has 0 unspecified atom stereocenters. The lowest BCUT2D eigenvalue weighted by Crippen LogP contribution is -2.21. The number of carbonyl (C=O) groups excluding carboxylic acids is 2. The first kappa shape index (κ1) is 20.5. The minimum absolute atomic E-state index is 0.0934. The van der Waals surface area contributed by atoms with E-state index in [0.29, 0.717) is 17.2 Å². The standard InChI is InChI=1S/C18H18N2O8/c1-25-14-7-5-12(20(23)24)9-13(14)18(22)28-10-17(21)19-11-4-6-15(26-2)16(8-11)27-3/h4-9H,10H2,1-3H3,(H,19,21). The fourth-order valence-electron chi connectivity index (χ4n) is 2.29. The van der Waals surface area contributed by atoms with Gasteiger partial charge in [-0.15, -0.1) is 0 Å². The summed E-state index contributed by atoms with van der Waals surface area (Å²) in [7, 11) is 4.25. The fourth-order valence-corrected chi connectivity index (χ4v) is 2.29. The van der Waals surface area contributed by atoms with Gasteiger partial charge in [0.25, 0.3) is 11.6 Å². The summed E-state index contributed by atoms with van der Waals surface area (Å²) in [5.74, 6) is -0.535. The minimum atomic E-state index is -0.928. The molecule has 2 rings (SSSR count). The maximum absolute atomic E-state index is 12.2. The van der Waals surface area contributed by atoms with Crippen molar-refractivity contribution >= 4 is 23.3 Å². The Morgan fingerprint density at radius 2 is 1.61 bits per heavy atom.